The molecule has 0 saturated carbocycles. The van der Waals surface area contributed by atoms with Crippen LogP contribution in [0.1, 0.15) is 54.0 Å². The molecule has 162 valence electrons. The van der Waals surface area contributed by atoms with Gasteiger partial charge < -0.3 is 4.74 Å². The summed E-state index contributed by atoms with van der Waals surface area (Å²) < 4.78 is 5.72. The van der Waals surface area contributed by atoms with Crippen molar-refractivity contribution >= 4 is 29.7 Å². The molecule has 9 heteroatoms. The van der Waals surface area contributed by atoms with E-state index in [-0.39, 0.29) is 18.3 Å². The maximum Gasteiger partial charge on any atom is 0.278 e. The summed E-state index contributed by atoms with van der Waals surface area (Å²) in [7, 11) is 0. The molecule has 2 aromatic rings. The number of nitriles is 1. The molecule has 0 bridgehead atoms. The Balaban J connectivity index is 0.00000320. The SMILES string of the molecule is Cc1nc(-c2ccc(OCC(C)C)c(C#N)c2)sc1C(=O)NNN1CCCCC1.Cl. The van der Waals surface area contributed by atoms with Gasteiger partial charge in [-0.3, -0.25) is 10.2 Å². The van der Waals surface area contributed by atoms with Crippen LogP contribution < -0.4 is 15.7 Å². The summed E-state index contributed by atoms with van der Waals surface area (Å²) in [5.41, 5.74) is 7.70. The summed E-state index contributed by atoms with van der Waals surface area (Å²) in [4.78, 5) is 17.7. The minimum Gasteiger partial charge on any atom is -0.492 e. The molecule has 30 heavy (non-hydrogen) atoms. The molecule has 3 rings (SSSR count). The molecule has 0 spiro atoms. The van der Waals surface area contributed by atoms with E-state index in [0.29, 0.717) is 39.4 Å². The molecular weight excluding hydrogens is 422 g/mol. The van der Waals surface area contributed by atoms with E-state index in [2.05, 4.69) is 35.9 Å². The van der Waals surface area contributed by atoms with Crippen LogP contribution in [0.15, 0.2) is 18.2 Å². The maximum atomic E-state index is 12.6. The molecule has 0 aliphatic carbocycles. The van der Waals surface area contributed by atoms with Crippen LogP contribution in [0.2, 0.25) is 0 Å². The van der Waals surface area contributed by atoms with Crippen molar-refractivity contribution in [1.29, 1.82) is 5.26 Å². The van der Waals surface area contributed by atoms with Crippen LogP contribution >= 0.6 is 23.7 Å². The zero-order chi connectivity index (χ0) is 20.8. The number of nitrogens with zero attached hydrogens (tertiary/aromatic N) is 3. The van der Waals surface area contributed by atoms with E-state index in [4.69, 9.17) is 4.74 Å². The Bertz CT molecular complexity index is 903. The van der Waals surface area contributed by atoms with Gasteiger partial charge in [-0.05, 0) is 43.9 Å². The monoisotopic (exact) mass is 449 g/mol. The number of aromatic nitrogens is 1. The number of thiazole rings is 1. The summed E-state index contributed by atoms with van der Waals surface area (Å²) in [5, 5.41) is 12.2. The number of ether oxygens (including phenoxy) is 1. The van der Waals surface area contributed by atoms with Crippen molar-refractivity contribution in [2.75, 3.05) is 19.7 Å². The Morgan fingerprint density at radius 2 is 2.07 bits per heavy atom. The molecule has 1 aliphatic heterocycles. The summed E-state index contributed by atoms with van der Waals surface area (Å²) in [6.45, 7) is 8.35. The quantitative estimate of drug-likeness (QED) is 0.619. The lowest BCUT2D eigenvalue weighted by Crippen LogP contribution is -2.51. The van der Waals surface area contributed by atoms with Gasteiger partial charge in [-0.25, -0.2) is 9.99 Å². The van der Waals surface area contributed by atoms with E-state index < -0.39 is 0 Å². The predicted octanol–water partition coefficient (Wildman–Crippen LogP) is 4.08. The van der Waals surface area contributed by atoms with Crippen LogP contribution in [-0.2, 0) is 0 Å². The van der Waals surface area contributed by atoms with Crippen LogP contribution in [0.5, 0.6) is 5.75 Å². The molecule has 1 amide bonds. The highest BCUT2D eigenvalue weighted by molar-refractivity contribution is 7.17. The van der Waals surface area contributed by atoms with E-state index in [9.17, 15) is 10.1 Å². The van der Waals surface area contributed by atoms with Gasteiger partial charge in [-0.2, -0.15) is 10.8 Å². The molecule has 1 saturated heterocycles. The molecule has 2 N–H and O–H groups in total. The zero-order valence-corrected chi connectivity index (χ0v) is 19.2. The minimum absolute atomic E-state index is 0. The zero-order valence-electron chi connectivity index (χ0n) is 17.5. The number of nitrogens with one attached hydrogen (secondary N) is 2. The van der Waals surface area contributed by atoms with Crippen LogP contribution in [0.4, 0.5) is 0 Å². The van der Waals surface area contributed by atoms with Gasteiger partial charge in [0.25, 0.3) is 5.91 Å². The second-order valence-corrected chi connectivity index (χ2v) is 8.57. The molecule has 2 heterocycles. The molecule has 1 fully saturated rings. The largest absolute Gasteiger partial charge is 0.492 e. The average molecular weight is 450 g/mol. The number of benzene rings is 1. The van der Waals surface area contributed by atoms with Crippen molar-refractivity contribution in [2.24, 2.45) is 5.92 Å². The minimum atomic E-state index is -0.200. The molecule has 1 aromatic heterocycles. The topological polar surface area (TPSA) is 90.3 Å². The van der Waals surface area contributed by atoms with Crippen LogP contribution in [-0.4, -0.2) is 35.6 Å². The second-order valence-electron chi connectivity index (χ2n) is 7.57. The van der Waals surface area contributed by atoms with Gasteiger partial charge in [-0.1, -0.05) is 20.3 Å². The number of hydrogen-bond donors (Lipinski definition) is 2. The number of rotatable bonds is 7. The van der Waals surface area contributed by atoms with Gasteiger partial charge in [0.1, 0.15) is 21.7 Å². The Labute approximate surface area is 187 Å². The number of hydrogen-bond acceptors (Lipinski definition) is 7. The third-order valence-electron chi connectivity index (χ3n) is 4.61. The number of halogens is 1. The first-order valence-electron chi connectivity index (χ1n) is 9.93. The van der Waals surface area contributed by atoms with Crippen molar-refractivity contribution in [2.45, 2.75) is 40.0 Å². The van der Waals surface area contributed by atoms with Gasteiger partial charge in [-0.15, -0.1) is 23.7 Å². The first kappa shape index (κ1) is 24.1. The number of carbonyl (C=O) groups excluding carboxylic acids is 1. The van der Waals surface area contributed by atoms with E-state index in [1.54, 1.807) is 12.1 Å². The van der Waals surface area contributed by atoms with Gasteiger partial charge in [0.15, 0.2) is 0 Å². The highest BCUT2D eigenvalue weighted by Gasteiger charge is 2.18. The second kappa shape index (κ2) is 11.3. The van der Waals surface area contributed by atoms with Crippen molar-refractivity contribution < 1.29 is 9.53 Å². The first-order valence-corrected chi connectivity index (χ1v) is 10.7. The lowest BCUT2D eigenvalue weighted by Gasteiger charge is -2.26. The highest BCUT2D eigenvalue weighted by Crippen LogP contribution is 2.31. The predicted molar refractivity (Wildman–Crippen MR) is 121 cm³/mol. The normalized spacial score (nSPS) is 14.1. The van der Waals surface area contributed by atoms with Gasteiger partial charge in [0.2, 0.25) is 0 Å². The number of carbonyl (C=O) groups is 1. The number of piperidine rings is 1. The van der Waals surface area contributed by atoms with Gasteiger partial charge in [0.05, 0.1) is 17.9 Å². The number of hydrazine groups is 2. The fraction of sp³-hybridized carbons (Fsp3) is 0.476. The summed E-state index contributed by atoms with van der Waals surface area (Å²) >= 11 is 1.32. The van der Waals surface area contributed by atoms with Crippen molar-refractivity contribution in [3.8, 4) is 22.4 Å². The molecular formula is C21H28ClN5O2S. The molecule has 0 radical (unpaired) electrons. The highest BCUT2D eigenvalue weighted by atomic mass is 35.5. The summed E-state index contributed by atoms with van der Waals surface area (Å²) in [6, 6.07) is 7.63. The Hall–Kier alpha value is -2.18. The molecule has 0 atom stereocenters. The third-order valence-corrected chi connectivity index (χ3v) is 5.81. The van der Waals surface area contributed by atoms with Crippen molar-refractivity contribution in [1.82, 2.24) is 21.0 Å². The van der Waals surface area contributed by atoms with Crippen LogP contribution in [0.25, 0.3) is 10.6 Å². The number of amides is 1. The molecule has 7 nitrogen and oxygen atoms in total. The molecule has 1 aromatic carbocycles. The van der Waals surface area contributed by atoms with E-state index in [1.807, 2.05) is 18.0 Å². The van der Waals surface area contributed by atoms with Crippen LogP contribution in [0, 0.1) is 24.2 Å². The molecule has 0 unspecified atom stereocenters. The maximum absolute atomic E-state index is 12.6. The summed E-state index contributed by atoms with van der Waals surface area (Å²) in [6.07, 6.45) is 3.49. The third kappa shape index (κ3) is 6.16. The van der Waals surface area contributed by atoms with Crippen LogP contribution in [0.3, 0.4) is 0 Å². The van der Waals surface area contributed by atoms with E-state index in [0.717, 1.165) is 31.5 Å². The summed E-state index contributed by atoms with van der Waals surface area (Å²) in [5.74, 6) is 0.749. The lowest BCUT2D eigenvalue weighted by atomic mass is 10.1. The van der Waals surface area contributed by atoms with Gasteiger partial charge in [0, 0.05) is 18.7 Å². The van der Waals surface area contributed by atoms with Gasteiger partial charge >= 0.3 is 0 Å². The van der Waals surface area contributed by atoms with E-state index in [1.165, 1.54) is 17.8 Å². The molecule has 1 aliphatic rings. The lowest BCUT2D eigenvalue weighted by molar-refractivity contribution is 0.0780. The average Bonchev–Trinajstić information content (AvgIpc) is 3.12. The standard InChI is InChI=1S/C21H27N5O2S.ClH/c1-14(2)13-28-18-8-7-16(11-17(18)12-22)21-23-15(3)19(29-21)20(27)24-25-26-9-5-4-6-10-26;/h7-8,11,14,25H,4-6,9-10,13H2,1-3H3,(H,24,27);1H. The Morgan fingerprint density at radius 1 is 1.33 bits per heavy atom. The Morgan fingerprint density at radius 3 is 2.73 bits per heavy atom. The first-order chi connectivity index (χ1) is 14.0. The fourth-order valence-corrected chi connectivity index (χ4v) is 4.01. The fourth-order valence-electron chi connectivity index (χ4n) is 3.06. The van der Waals surface area contributed by atoms with Crippen molar-refractivity contribution in [3.63, 3.8) is 0 Å². The Kier molecular flexibility index (Phi) is 9.06. The number of aryl methyl sites for hydroxylation is 1. The smallest absolute Gasteiger partial charge is 0.278 e. The van der Waals surface area contributed by atoms with Crippen molar-refractivity contribution in [3.05, 3.63) is 34.3 Å². The van der Waals surface area contributed by atoms with E-state index >= 15 is 0 Å².